The lowest BCUT2D eigenvalue weighted by molar-refractivity contribution is 0.0646. The molecule has 0 saturated carbocycles. The molecule has 2 amide bonds. The quantitative estimate of drug-likeness (QED) is 0.667. The third kappa shape index (κ3) is 4.28. The van der Waals surface area contributed by atoms with Crippen LogP contribution in [0, 0.1) is 0 Å². The third-order valence-corrected chi connectivity index (χ3v) is 6.38. The number of unbranched alkanes of at least 4 members (excludes halogenated alkanes) is 1. The number of piperidine rings is 1. The molecule has 0 N–H and O–H groups in total. The fourth-order valence-electron chi connectivity index (χ4n) is 3.45. The molecule has 10 heteroatoms. The second kappa shape index (κ2) is 9.03. The molecule has 4 heterocycles. The predicted molar refractivity (Wildman–Crippen MR) is 110 cm³/mol. The molecule has 0 spiro atoms. The van der Waals surface area contributed by atoms with Gasteiger partial charge in [-0.25, -0.2) is 29.0 Å². The van der Waals surface area contributed by atoms with Crippen LogP contribution in [-0.4, -0.2) is 64.3 Å². The highest BCUT2D eigenvalue weighted by Gasteiger charge is 2.33. The first kappa shape index (κ1) is 20.6. The number of nitrogens with zero attached hydrogens (tertiary/aromatic N) is 5. The third-order valence-electron chi connectivity index (χ3n) is 5.25. The summed E-state index contributed by atoms with van der Waals surface area (Å²) in [6, 6.07) is 0. The zero-order chi connectivity index (χ0) is 21.1. The molecular formula is C20H24FN5O3S. The molecule has 8 nitrogen and oxygen atoms in total. The maximum absolute atomic E-state index is 13.3. The van der Waals surface area contributed by atoms with Crippen LogP contribution in [0.3, 0.4) is 0 Å². The highest BCUT2D eigenvalue weighted by atomic mass is 32.1. The number of alkyl halides is 1. The van der Waals surface area contributed by atoms with Gasteiger partial charge >= 0.3 is 6.09 Å². The number of hydrogen-bond donors (Lipinski definition) is 0. The molecule has 160 valence electrons. The first-order chi connectivity index (χ1) is 14.6. The van der Waals surface area contributed by atoms with E-state index in [0.717, 1.165) is 17.7 Å². The fraction of sp³-hybridized carbons (Fsp3) is 0.550. The van der Waals surface area contributed by atoms with Crippen molar-refractivity contribution in [3.8, 4) is 10.6 Å². The summed E-state index contributed by atoms with van der Waals surface area (Å²) in [6.45, 7) is 3.79. The Morgan fingerprint density at radius 2 is 2.00 bits per heavy atom. The average Bonchev–Trinajstić information content (AvgIpc) is 3.20. The number of hydrogen-bond acceptors (Lipinski definition) is 8. The minimum atomic E-state index is -0.747. The Kier molecular flexibility index (Phi) is 6.21. The van der Waals surface area contributed by atoms with E-state index in [1.54, 1.807) is 12.4 Å². The van der Waals surface area contributed by atoms with E-state index >= 15 is 0 Å². The molecule has 2 aromatic heterocycles. The van der Waals surface area contributed by atoms with Crippen LogP contribution in [0.5, 0.6) is 0 Å². The van der Waals surface area contributed by atoms with Crippen LogP contribution in [0.15, 0.2) is 12.4 Å². The summed E-state index contributed by atoms with van der Waals surface area (Å²) in [5, 5.41) is 0.642. The van der Waals surface area contributed by atoms with Crippen molar-refractivity contribution in [3.05, 3.63) is 23.0 Å². The second-order valence-electron chi connectivity index (χ2n) is 7.40. The molecule has 4 rings (SSSR count). The van der Waals surface area contributed by atoms with Crippen LogP contribution < -0.4 is 4.90 Å². The SMILES string of the molecule is CCCCOC(=O)N1CCc2nc(-c3cnc(N4CCC(F)CC4)nc3)sc2C1=O. The van der Waals surface area contributed by atoms with Gasteiger partial charge in [-0.15, -0.1) is 11.3 Å². The van der Waals surface area contributed by atoms with Crippen molar-refractivity contribution in [1.82, 2.24) is 19.9 Å². The van der Waals surface area contributed by atoms with Gasteiger partial charge in [-0.3, -0.25) is 4.79 Å². The first-order valence-electron chi connectivity index (χ1n) is 10.3. The van der Waals surface area contributed by atoms with Gasteiger partial charge in [0.15, 0.2) is 0 Å². The summed E-state index contributed by atoms with van der Waals surface area (Å²) in [4.78, 5) is 41.9. The van der Waals surface area contributed by atoms with Crippen LogP contribution in [0.25, 0.3) is 10.6 Å². The summed E-state index contributed by atoms with van der Waals surface area (Å²) in [5.74, 6) is 0.206. The molecular weight excluding hydrogens is 409 g/mol. The van der Waals surface area contributed by atoms with Crippen molar-refractivity contribution in [3.63, 3.8) is 0 Å². The molecule has 0 aromatic carbocycles. The van der Waals surface area contributed by atoms with Crippen molar-refractivity contribution >= 4 is 29.3 Å². The molecule has 2 aliphatic heterocycles. The Hall–Kier alpha value is -2.62. The summed E-state index contributed by atoms with van der Waals surface area (Å²) in [6.07, 6.45) is 5.17. The number of carbonyl (C=O) groups is 2. The normalized spacial score (nSPS) is 17.2. The van der Waals surface area contributed by atoms with Gasteiger partial charge in [0, 0.05) is 44.0 Å². The van der Waals surface area contributed by atoms with Gasteiger partial charge in [0.2, 0.25) is 5.95 Å². The largest absolute Gasteiger partial charge is 0.449 e. The van der Waals surface area contributed by atoms with E-state index in [1.165, 1.54) is 11.3 Å². The van der Waals surface area contributed by atoms with E-state index in [0.29, 0.717) is 66.0 Å². The molecule has 2 aromatic rings. The second-order valence-corrected chi connectivity index (χ2v) is 8.40. The van der Waals surface area contributed by atoms with E-state index in [-0.39, 0.29) is 12.5 Å². The highest BCUT2D eigenvalue weighted by molar-refractivity contribution is 7.17. The van der Waals surface area contributed by atoms with Crippen LogP contribution in [0.2, 0.25) is 0 Å². The average molecular weight is 434 g/mol. The fourth-order valence-corrected chi connectivity index (χ4v) is 4.49. The number of rotatable bonds is 5. The number of ether oxygens (including phenoxy) is 1. The maximum Gasteiger partial charge on any atom is 0.416 e. The lowest BCUT2D eigenvalue weighted by atomic mass is 10.1. The van der Waals surface area contributed by atoms with Crippen molar-refractivity contribution in [2.75, 3.05) is 31.1 Å². The molecule has 1 saturated heterocycles. The molecule has 2 aliphatic rings. The monoisotopic (exact) mass is 433 g/mol. The van der Waals surface area contributed by atoms with E-state index < -0.39 is 12.3 Å². The Balaban J connectivity index is 1.46. The smallest absolute Gasteiger partial charge is 0.416 e. The van der Waals surface area contributed by atoms with E-state index in [4.69, 9.17) is 4.74 Å². The summed E-state index contributed by atoms with van der Waals surface area (Å²) < 4.78 is 18.5. The summed E-state index contributed by atoms with van der Waals surface area (Å²) >= 11 is 1.23. The van der Waals surface area contributed by atoms with E-state index in [1.807, 2.05) is 11.8 Å². The number of anilines is 1. The number of thiazole rings is 1. The lowest BCUT2D eigenvalue weighted by Gasteiger charge is -2.28. The van der Waals surface area contributed by atoms with Gasteiger partial charge in [-0.2, -0.15) is 0 Å². The van der Waals surface area contributed by atoms with Crippen LogP contribution >= 0.6 is 11.3 Å². The molecule has 0 radical (unpaired) electrons. The van der Waals surface area contributed by atoms with Crippen molar-refractivity contribution in [1.29, 1.82) is 0 Å². The topological polar surface area (TPSA) is 88.5 Å². The first-order valence-corrected chi connectivity index (χ1v) is 11.1. The maximum atomic E-state index is 13.3. The van der Waals surface area contributed by atoms with E-state index in [2.05, 4.69) is 15.0 Å². The minimum absolute atomic E-state index is 0.264. The van der Waals surface area contributed by atoms with Gasteiger partial charge in [-0.05, 0) is 19.3 Å². The van der Waals surface area contributed by atoms with Gasteiger partial charge in [-0.1, -0.05) is 13.3 Å². The van der Waals surface area contributed by atoms with Gasteiger partial charge < -0.3 is 9.64 Å². The standard InChI is InChI=1S/C20H24FN5O3S/c1-2-3-10-29-20(28)26-9-6-15-16(18(26)27)30-17(24-15)13-11-22-19(23-12-13)25-7-4-14(21)5-8-25/h11-12,14H,2-10H2,1H3. The van der Waals surface area contributed by atoms with Crippen molar-refractivity contribution in [2.24, 2.45) is 0 Å². The zero-order valence-corrected chi connectivity index (χ0v) is 17.7. The molecule has 30 heavy (non-hydrogen) atoms. The van der Waals surface area contributed by atoms with Crippen LogP contribution in [0.4, 0.5) is 15.1 Å². The number of carbonyl (C=O) groups excluding carboxylic acids is 2. The number of halogens is 1. The Morgan fingerprint density at radius 3 is 2.70 bits per heavy atom. The number of fused-ring (bicyclic) bond motifs is 1. The number of aromatic nitrogens is 3. The van der Waals surface area contributed by atoms with E-state index in [9.17, 15) is 14.0 Å². The Morgan fingerprint density at radius 1 is 1.27 bits per heavy atom. The lowest BCUT2D eigenvalue weighted by Crippen LogP contribution is -2.41. The highest BCUT2D eigenvalue weighted by Crippen LogP contribution is 2.32. The summed E-state index contributed by atoms with van der Waals surface area (Å²) in [5.41, 5.74) is 1.40. The van der Waals surface area contributed by atoms with Crippen molar-refractivity contribution in [2.45, 2.75) is 45.2 Å². The van der Waals surface area contributed by atoms with Gasteiger partial charge in [0.1, 0.15) is 16.1 Å². The van der Waals surface area contributed by atoms with Gasteiger partial charge in [0.25, 0.3) is 5.91 Å². The Labute approximate surface area is 178 Å². The predicted octanol–water partition coefficient (Wildman–Crippen LogP) is 3.47. The number of imide groups is 1. The molecule has 0 bridgehead atoms. The van der Waals surface area contributed by atoms with Crippen LogP contribution in [0.1, 0.15) is 48.0 Å². The zero-order valence-electron chi connectivity index (χ0n) is 16.8. The van der Waals surface area contributed by atoms with Crippen LogP contribution in [-0.2, 0) is 11.2 Å². The molecule has 0 aliphatic carbocycles. The van der Waals surface area contributed by atoms with Gasteiger partial charge in [0.05, 0.1) is 12.3 Å². The molecule has 1 fully saturated rings. The molecule has 0 unspecified atom stereocenters. The Bertz CT molecular complexity index is 912. The minimum Gasteiger partial charge on any atom is -0.449 e. The molecule has 0 atom stereocenters. The number of amides is 2. The van der Waals surface area contributed by atoms with Crippen molar-refractivity contribution < 1.29 is 18.7 Å². The summed E-state index contributed by atoms with van der Waals surface area (Å²) in [7, 11) is 0.